The Hall–Kier alpha value is -2.51. The third-order valence-electron chi connectivity index (χ3n) is 6.08. The normalized spacial score (nSPS) is 18.1. The fourth-order valence-corrected chi connectivity index (χ4v) is 5.81. The van der Waals surface area contributed by atoms with Gasteiger partial charge in [0.2, 0.25) is 15.9 Å². The van der Waals surface area contributed by atoms with E-state index < -0.39 is 10.0 Å². The highest BCUT2D eigenvalue weighted by atomic mass is 32.2. The Morgan fingerprint density at radius 1 is 0.933 bits per heavy atom. The van der Waals surface area contributed by atoms with Crippen molar-refractivity contribution in [2.75, 3.05) is 24.5 Å². The number of sulfonamides is 1. The van der Waals surface area contributed by atoms with Gasteiger partial charge in [0, 0.05) is 36.8 Å². The maximum absolute atomic E-state index is 13.2. The molecule has 0 saturated carbocycles. The van der Waals surface area contributed by atoms with Crippen LogP contribution in [0.15, 0.2) is 53.4 Å². The van der Waals surface area contributed by atoms with E-state index in [9.17, 15) is 18.0 Å². The molecule has 0 radical (unpaired) electrons. The lowest BCUT2D eigenvalue weighted by Gasteiger charge is -2.36. The summed E-state index contributed by atoms with van der Waals surface area (Å²) in [6, 6.07) is 14.1. The van der Waals surface area contributed by atoms with Crippen molar-refractivity contribution in [3.8, 4) is 0 Å². The minimum absolute atomic E-state index is 0.0995. The number of anilines is 1. The first kappa shape index (κ1) is 20.8. The van der Waals surface area contributed by atoms with Crippen molar-refractivity contribution in [1.29, 1.82) is 0 Å². The standard InChI is InChI=1S/C23H26N2O4S/c1-17(26)18-8-10-21(11-9-18)30(28,29)24-15-12-20(13-16-24)23(27)25-14-4-6-19-5-2-3-7-22(19)25/h2-3,5,7-11,20H,4,6,12-16H2,1H3. The van der Waals surface area contributed by atoms with Crippen LogP contribution in [0.5, 0.6) is 0 Å². The summed E-state index contributed by atoms with van der Waals surface area (Å²) in [7, 11) is -3.63. The number of carbonyl (C=O) groups is 2. The number of para-hydroxylation sites is 1. The van der Waals surface area contributed by atoms with Gasteiger partial charge in [0.15, 0.2) is 5.78 Å². The van der Waals surface area contributed by atoms with E-state index in [2.05, 4.69) is 6.07 Å². The molecule has 2 aromatic rings. The summed E-state index contributed by atoms with van der Waals surface area (Å²) < 4.78 is 27.4. The average Bonchev–Trinajstić information content (AvgIpc) is 2.78. The second-order valence-corrected chi connectivity index (χ2v) is 9.92. The topological polar surface area (TPSA) is 74.8 Å². The number of aryl methyl sites for hydroxylation is 1. The number of piperidine rings is 1. The Morgan fingerprint density at radius 3 is 2.27 bits per heavy atom. The number of benzene rings is 2. The highest BCUT2D eigenvalue weighted by Crippen LogP contribution is 2.31. The minimum Gasteiger partial charge on any atom is -0.312 e. The van der Waals surface area contributed by atoms with E-state index in [-0.39, 0.29) is 22.5 Å². The fraction of sp³-hybridized carbons (Fsp3) is 0.391. The van der Waals surface area contributed by atoms with Crippen LogP contribution in [0.25, 0.3) is 0 Å². The Bertz CT molecular complexity index is 1050. The van der Waals surface area contributed by atoms with Crippen LogP contribution >= 0.6 is 0 Å². The van der Waals surface area contributed by atoms with Crippen LogP contribution in [0, 0.1) is 5.92 Å². The quantitative estimate of drug-likeness (QED) is 0.704. The van der Waals surface area contributed by atoms with Crippen LogP contribution in [0.2, 0.25) is 0 Å². The molecule has 6 nitrogen and oxygen atoms in total. The van der Waals surface area contributed by atoms with Crippen LogP contribution in [0.3, 0.4) is 0 Å². The van der Waals surface area contributed by atoms with E-state index in [4.69, 9.17) is 0 Å². The van der Waals surface area contributed by atoms with Crippen molar-refractivity contribution >= 4 is 27.4 Å². The molecule has 2 heterocycles. The average molecular weight is 427 g/mol. The molecule has 4 rings (SSSR count). The Morgan fingerprint density at radius 2 is 1.60 bits per heavy atom. The molecule has 158 valence electrons. The molecular weight excluding hydrogens is 400 g/mol. The zero-order valence-electron chi connectivity index (χ0n) is 17.1. The summed E-state index contributed by atoms with van der Waals surface area (Å²) in [6.07, 6.45) is 2.97. The summed E-state index contributed by atoms with van der Waals surface area (Å²) >= 11 is 0. The third kappa shape index (κ3) is 3.91. The predicted octanol–water partition coefficient (Wildman–Crippen LogP) is 3.27. The van der Waals surface area contributed by atoms with Gasteiger partial charge in [-0.15, -0.1) is 0 Å². The molecule has 0 bridgehead atoms. The number of hydrogen-bond donors (Lipinski definition) is 0. The summed E-state index contributed by atoms with van der Waals surface area (Å²) in [5.41, 5.74) is 2.68. The van der Waals surface area contributed by atoms with E-state index >= 15 is 0 Å². The fourth-order valence-electron chi connectivity index (χ4n) is 4.34. The molecule has 30 heavy (non-hydrogen) atoms. The van der Waals surface area contributed by atoms with Gasteiger partial charge >= 0.3 is 0 Å². The SMILES string of the molecule is CC(=O)c1ccc(S(=O)(=O)N2CCC(C(=O)N3CCCc4ccccc43)CC2)cc1. The predicted molar refractivity (Wildman–Crippen MR) is 115 cm³/mol. The first-order chi connectivity index (χ1) is 14.4. The molecule has 1 saturated heterocycles. The van der Waals surface area contributed by atoms with E-state index in [0.29, 0.717) is 31.5 Å². The first-order valence-corrected chi connectivity index (χ1v) is 11.8. The van der Waals surface area contributed by atoms with Crippen molar-refractivity contribution in [3.63, 3.8) is 0 Å². The number of nitrogens with zero attached hydrogens (tertiary/aromatic N) is 2. The van der Waals surface area contributed by atoms with Crippen molar-refractivity contribution in [2.24, 2.45) is 5.92 Å². The van der Waals surface area contributed by atoms with Crippen molar-refractivity contribution in [1.82, 2.24) is 4.31 Å². The molecule has 1 amide bonds. The monoisotopic (exact) mass is 426 g/mol. The molecule has 2 aliphatic heterocycles. The van der Waals surface area contributed by atoms with Gasteiger partial charge in [-0.3, -0.25) is 9.59 Å². The summed E-state index contributed by atoms with van der Waals surface area (Å²) in [5.74, 6) is -0.162. The van der Waals surface area contributed by atoms with E-state index in [0.717, 1.165) is 25.1 Å². The molecule has 1 fully saturated rings. The molecule has 0 unspecified atom stereocenters. The third-order valence-corrected chi connectivity index (χ3v) is 7.99. The minimum atomic E-state index is -3.63. The number of rotatable bonds is 4. The lowest BCUT2D eigenvalue weighted by atomic mass is 9.94. The molecule has 0 aromatic heterocycles. The lowest BCUT2D eigenvalue weighted by molar-refractivity contribution is -0.123. The highest BCUT2D eigenvalue weighted by Gasteiger charge is 2.35. The maximum Gasteiger partial charge on any atom is 0.243 e. The smallest absolute Gasteiger partial charge is 0.243 e. The van der Waals surface area contributed by atoms with Gasteiger partial charge in [-0.2, -0.15) is 4.31 Å². The van der Waals surface area contributed by atoms with Crippen LogP contribution in [0.4, 0.5) is 5.69 Å². The molecule has 0 spiro atoms. The molecule has 2 aliphatic rings. The summed E-state index contributed by atoms with van der Waals surface area (Å²) in [6.45, 7) is 2.81. The Labute approximate surface area is 177 Å². The molecular formula is C23H26N2O4S. The molecule has 7 heteroatoms. The molecule has 0 N–H and O–H groups in total. The number of fused-ring (bicyclic) bond motifs is 1. The van der Waals surface area contributed by atoms with Crippen molar-refractivity contribution < 1.29 is 18.0 Å². The Kier molecular flexibility index (Phi) is 5.75. The zero-order valence-corrected chi connectivity index (χ0v) is 17.9. The van der Waals surface area contributed by atoms with Crippen molar-refractivity contribution in [2.45, 2.75) is 37.5 Å². The molecule has 2 aromatic carbocycles. The summed E-state index contributed by atoms with van der Waals surface area (Å²) in [4.78, 5) is 26.7. The number of hydrogen-bond acceptors (Lipinski definition) is 4. The van der Waals surface area contributed by atoms with Crippen LogP contribution in [-0.4, -0.2) is 44.0 Å². The zero-order chi connectivity index (χ0) is 21.3. The van der Waals surface area contributed by atoms with Crippen LogP contribution < -0.4 is 4.90 Å². The number of ketones is 1. The Balaban J connectivity index is 1.44. The highest BCUT2D eigenvalue weighted by molar-refractivity contribution is 7.89. The van der Waals surface area contributed by atoms with Crippen LogP contribution in [-0.2, 0) is 21.2 Å². The van der Waals surface area contributed by atoms with Crippen molar-refractivity contribution in [3.05, 3.63) is 59.7 Å². The number of Topliss-reactive ketones (excluding diaryl/α,β-unsaturated/α-hetero) is 1. The van der Waals surface area contributed by atoms with Gasteiger partial charge in [-0.05, 0) is 56.4 Å². The molecule has 0 atom stereocenters. The van der Waals surface area contributed by atoms with Gasteiger partial charge < -0.3 is 4.90 Å². The maximum atomic E-state index is 13.2. The summed E-state index contributed by atoms with van der Waals surface area (Å²) in [5, 5.41) is 0. The number of carbonyl (C=O) groups excluding carboxylic acids is 2. The number of amides is 1. The second kappa shape index (κ2) is 8.32. The van der Waals surface area contributed by atoms with E-state index in [1.165, 1.54) is 28.9 Å². The van der Waals surface area contributed by atoms with E-state index in [1.54, 1.807) is 12.1 Å². The van der Waals surface area contributed by atoms with Gasteiger partial charge in [-0.25, -0.2) is 8.42 Å². The lowest BCUT2D eigenvalue weighted by Crippen LogP contribution is -2.45. The van der Waals surface area contributed by atoms with E-state index in [1.807, 2.05) is 23.1 Å². The first-order valence-electron chi connectivity index (χ1n) is 10.4. The molecule has 0 aliphatic carbocycles. The van der Waals surface area contributed by atoms with Gasteiger partial charge in [-0.1, -0.05) is 30.3 Å². The van der Waals surface area contributed by atoms with Gasteiger partial charge in [0.05, 0.1) is 4.90 Å². The van der Waals surface area contributed by atoms with Crippen LogP contribution in [0.1, 0.15) is 42.1 Å². The second-order valence-electron chi connectivity index (χ2n) is 7.98. The van der Waals surface area contributed by atoms with Gasteiger partial charge in [0.25, 0.3) is 0 Å². The van der Waals surface area contributed by atoms with Gasteiger partial charge in [0.1, 0.15) is 0 Å². The largest absolute Gasteiger partial charge is 0.312 e.